The number of carbonyl (C=O) groups is 6. The Labute approximate surface area is 428 Å². The third-order valence-corrected chi connectivity index (χ3v) is 10.2. The first-order valence-electron chi connectivity index (χ1n) is 24.0. The number of rotatable bonds is 40. The van der Waals surface area contributed by atoms with Crippen molar-refractivity contribution in [1.29, 1.82) is 0 Å². The van der Waals surface area contributed by atoms with Crippen molar-refractivity contribution < 1.29 is 93.7 Å². The van der Waals surface area contributed by atoms with E-state index in [-0.39, 0.29) is 127 Å². The van der Waals surface area contributed by atoms with Gasteiger partial charge in [0, 0.05) is 75.1 Å². The van der Waals surface area contributed by atoms with Crippen LogP contribution in [0.3, 0.4) is 0 Å². The molecule has 3 N–H and O–H groups in total. The first-order valence-corrected chi connectivity index (χ1v) is 24.0. The van der Waals surface area contributed by atoms with Crippen molar-refractivity contribution in [2.75, 3.05) is 132 Å². The number of carbonyl (C=O) groups excluding carboxylic acids is 6. The molecule has 0 aromatic heterocycles. The van der Waals surface area contributed by atoms with E-state index < -0.39 is 71.3 Å². The van der Waals surface area contributed by atoms with Gasteiger partial charge in [0.2, 0.25) is 35.1 Å². The molecule has 0 spiro atoms. The van der Waals surface area contributed by atoms with E-state index in [9.17, 15) is 46.3 Å². The lowest BCUT2D eigenvalue weighted by Gasteiger charge is -2.28. The lowest BCUT2D eigenvalue weighted by atomic mass is 9.94. The summed E-state index contributed by atoms with van der Waals surface area (Å²) in [5.41, 5.74) is 0.221. The van der Waals surface area contributed by atoms with Crippen LogP contribution in [0.25, 0.3) is 0 Å². The monoisotopic (exact) mass is 1060 g/mol. The summed E-state index contributed by atoms with van der Waals surface area (Å²) in [7, 11) is 1.66. The van der Waals surface area contributed by atoms with Crippen LogP contribution in [-0.2, 0) is 73.1 Å². The van der Waals surface area contributed by atoms with Crippen LogP contribution in [0.2, 0.25) is 0 Å². The fourth-order valence-corrected chi connectivity index (χ4v) is 6.52. The van der Waals surface area contributed by atoms with Crippen LogP contribution in [0.4, 0.5) is 17.6 Å². The topological polar surface area (TPSA) is 234 Å². The fraction of sp³-hybridized carbons (Fsp3) is 0.600. The van der Waals surface area contributed by atoms with Gasteiger partial charge in [-0.2, -0.15) is 8.78 Å². The molecule has 2 aromatic carbocycles. The second kappa shape index (κ2) is 34.1. The normalized spacial score (nSPS) is 13.1. The summed E-state index contributed by atoms with van der Waals surface area (Å²) in [5.74, 6) is -12.2. The number of halogens is 4. The van der Waals surface area contributed by atoms with Crippen LogP contribution in [-0.4, -0.2) is 179 Å². The first-order chi connectivity index (χ1) is 35.3. The number of ether oxygens (including phenoxy) is 10. The second-order valence-electron chi connectivity index (χ2n) is 18.2. The highest BCUT2D eigenvalue weighted by molar-refractivity contribution is 6.13. The zero-order chi connectivity index (χ0) is 54.4. The first kappa shape index (κ1) is 62.7. The number of benzene rings is 2. The van der Waals surface area contributed by atoms with Crippen molar-refractivity contribution in [3.05, 3.63) is 71.3 Å². The number of nitrogens with zero attached hydrogens (tertiary/aromatic N) is 1. The Kier molecular flexibility index (Phi) is 28.9. The third-order valence-electron chi connectivity index (χ3n) is 10.2. The molecular weight excluding hydrogens is 989 g/mol. The predicted octanol–water partition coefficient (Wildman–Crippen LogP) is 3.01. The summed E-state index contributed by atoms with van der Waals surface area (Å²) < 4.78 is 109. The van der Waals surface area contributed by atoms with E-state index in [4.69, 9.17) is 42.6 Å². The summed E-state index contributed by atoms with van der Waals surface area (Å²) in [6.07, 6.45) is 2.26. The Morgan fingerprint density at radius 1 is 0.608 bits per heavy atom. The van der Waals surface area contributed by atoms with Gasteiger partial charge in [0.1, 0.15) is 11.8 Å². The Hall–Kier alpha value is -5.60. The van der Waals surface area contributed by atoms with E-state index in [2.05, 4.69) is 34.5 Å². The van der Waals surface area contributed by atoms with Crippen molar-refractivity contribution in [2.45, 2.75) is 53.0 Å². The summed E-state index contributed by atoms with van der Waals surface area (Å²) >= 11 is 0. The average molecular weight is 1060 g/mol. The quantitative estimate of drug-likeness (QED) is 0.0217. The molecule has 24 heteroatoms. The van der Waals surface area contributed by atoms with Gasteiger partial charge < -0.3 is 63.3 Å². The van der Waals surface area contributed by atoms with Crippen molar-refractivity contribution in [3.63, 3.8) is 0 Å². The van der Waals surface area contributed by atoms with Crippen molar-refractivity contribution >= 4 is 35.5 Å². The van der Waals surface area contributed by atoms with Crippen LogP contribution in [0.15, 0.2) is 42.5 Å². The van der Waals surface area contributed by atoms with Crippen molar-refractivity contribution in [3.8, 4) is 11.5 Å². The van der Waals surface area contributed by atoms with Gasteiger partial charge in [-0.25, -0.2) is 13.6 Å². The number of amides is 5. The Bertz CT molecular complexity index is 2070. The molecule has 1 atom stereocenters. The number of methoxy groups -OCH3 is 1. The van der Waals surface area contributed by atoms with E-state index >= 15 is 0 Å². The molecule has 5 amide bonds. The highest BCUT2D eigenvalue weighted by Crippen LogP contribution is 2.27. The summed E-state index contributed by atoms with van der Waals surface area (Å²) in [5, 5.41) is 8.14. The van der Waals surface area contributed by atoms with E-state index in [1.165, 1.54) is 12.1 Å². The Morgan fingerprint density at radius 2 is 1.11 bits per heavy atom. The fourth-order valence-electron chi connectivity index (χ4n) is 6.52. The molecule has 0 radical (unpaired) electrons. The molecule has 0 saturated heterocycles. The SMILES string of the molecule is COCC(C)(C)COCC(C)(C)COCCOCCNC(=O)C(Cc1ccc(OCC(=O)Oc2c(F)c(F)cc(F)c2F)cc1)NC(=O)CCOCCOCCOCCOCCNC(=O)CCN1C(=O)C=CC1=O. The number of imide groups is 1. The van der Waals surface area contributed by atoms with Gasteiger partial charge in [-0.05, 0) is 17.7 Å². The Balaban J connectivity index is 1.35. The van der Waals surface area contributed by atoms with E-state index in [0.29, 0.717) is 45.2 Å². The van der Waals surface area contributed by atoms with Crippen LogP contribution in [0.5, 0.6) is 11.5 Å². The smallest absolute Gasteiger partial charge is 0.349 e. The number of hydrogen-bond donors (Lipinski definition) is 3. The minimum absolute atomic E-state index is 0.00391. The molecular formula is C50H70F4N4O16. The number of hydrogen-bond acceptors (Lipinski definition) is 16. The zero-order valence-electron chi connectivity index (χ0n) is 42.7. The van der Waals surface area contributed by atoms with Crippen LogP contribution < -0.4 is 25.4 Å². The molecule has 1 heterocycles. The molecule has 0 saturated carbocycles. The highest BCUT2D eigenvalue weighted by atomic mass is 19.2. The van der Waals surface area contributed by atoms with Gasteiger partial charge in [0.25, 0.3) is 11.8 Å². The zero-order valence-corrected chi connectivity index (χ0v) is 42.7. The van der Waals surface area contributed by atoms with Crippen LogP contribution in [0, 0.1) is 34.1 Å². The maximum atomic E-state index is 13.9. The van der Waals surface area contributed by atoms with Crippen LogP contribution >= 0.6 is 0 Å². The van der Waals surface area contributed by atoms with E-state index in [0.717, 1.165) is 17.1 Å². The largest absolute Gasteiger partial charge is 0.482 e. The van der Waals surface area contributed by atoms with Crippen LogP contribution in [0.1, 0.15) is 46.1 Å². The molecule has 74 heavy (non-hydrogen) atoms. The minimum atomic E-state index is -1.89. The summed E-state index contributed by atoms with van der Waals surface area (Å²) in [6.45, 7) is 12.4. The predicted molar refractivity (Wildman–Crippen MR) is 256 cm³/mol. The van der Waals surface area contributed by atoms with Gasteiger partial charge in [-0.3, -0.25) is 28.9 Å². The molecule has 20 nitrogen and oxygen atoms in total. The van der Waals surface area contributed by atoms with Gasteiger partial charge in [0.15, 0.2) is 18.2 Å². The molecule has 0 fully saturated rings. The van der Waals surface area contributed by atoms with Gasteiger partial charge in [-0.15, -0.1) is 0 Å². The Morgan fingerprint density at radius 3 is 1.68 bits per heavy atom. The minimum Gasteiger partial charge on any atom is -0.482 e. The van der Waals surface area contributed by atoms with Gasteiger partial charge >= 0.3 is 5.97 Å². The molecule has 414 valence electrons. The van der Waals surface area contributed by atoms with Gasteiger partial charge in [-0.1, -0.05) is 39.8 Å². The maximum absolute atomic E-state index is 13.9. The third kappa shape index (κ3) is 25.6. The van der Waals surface area contributed by atoms with Crippen molar-refractivity contribution in [2.24, 2.45) is 10.8 Å². The standard InChI is InChI=1S/C50H70F4N4O16/c1-49(2,31-65-5)33-72-34-50(3,4)32-71-27-26-68-19-15-56-48(64)39(28-35-6-8-36(9-7-35)73-30-44(63)74-47-45(53)37(51)29-38(52)46(47)54)57-41(60)13-17-66-20-22-69-24-25-70-23-21-67-18-14-55-40(59)12-16-58-42(61)10-11-43(58)62/h6-11,29,39H,12-28,30-34H2,1-5H3,(H,55,59)(H,56,64)(H,57,60). The molecule has 1 unspecified atom stereocenters. The number of esters is 1. The van der Waals surface area contributed by atoms with Gasteiger partial charge in [0.05, 0.1) is 99.1 Å². The second-order valence-corrected chi connectivity index (χ2v) is 18.2. The molecule has 1 aliphatic rings. The molecule has 2 aromatic rings. The molecule has 0 bridgehead atoms. The van der Waals surface area contributed by atoms with E-state index in [1.54, 1.807) is 19.2 Å². The maximum Gasteiger partial charge on any atom is 0.349 e. The summed E-state index contributed by atoms with van der Waals surface area (Å²) in [6, 6.07) is 4.88. The molecule has 1 aliphatic heterocycles. The van der Waals surface area contributed by atoms with Crippen molar-refractivity contribution in [1.82, 2.24) is 20.9 Å². The lowest BCUT2D eigenvalue weighted by Crippen LogP contribution is -2.48. The highest BCUT2D eigenvalue weighted by Gasteiger charge is 2.26. The molecule has 3 rings (SSSR count). The van der Waals surface area contributed by atoms with E-state index in [1.807, 2.05) is 13.8 Å². The molecule has 0 aliphatic carbocycles. The lowest BCUT2D eigenvalue weighted by molar-refractivity contribution is -0.138. The summed E-state index contributed by atoms with van der Waals surface area (Å²) in [4.78, 5) is 74.6. The average Bonchev–Trinajstić information content (AvgIpc) is 3.67. The number of nitrogens with one attached hydrogen (secondary N) is 3.